The van der Waals surface area contributed by atoms with Crippen LogP contribution >= 0.6 is 0 Å². The molecule has 5 nitrogen and oxygen atoms in total. The molecule has 0 spiro atoms. The van der Waals surface area contributed by atoms with E-state index < -0.39 is 12.4 Å². The van der Waals surface area contributed by atoms with Gasteiger partial charge in [0.15, 0.2) is 0 Å². The molecule has 132 valence electrons. The zero-order valence-corrected chi connectivity index (χ0v) is 13.5. The van der Waals surface area contributed by atoms with E-state index in [1.54, 1.807) is 13.0 Å². The van der Waals surface area contributed by atoms with Crippen molar-refractivity contribution >= 4 is 11.8 Å². The molecule has 1 saturated heterocycles. The minimum absolute atomic E-state index is 0.00421. The van der Waals surface area contributed by atoms with E-state index in [-0.39, 0.29) is 30.7 Å². The van der Waals surface area contributed by atoms with Crippen molar-refractivity contribution in [3.8, 4) is 5.75 Å². The van der Waals surface area contributed by atoms with Gasteiger partial charge in [-0.05, 0) is 31.0 Å². The van der Waals surface area contributed by atoms with Crippen LogP contribution in [0.5, 0.6) is 5.75 Å². The Balaban J connectivity index is 2.12. The molecular weight excluding hydrogens is 325 g/mol. The number of ether oxygens (including phenoxy) is 1. The van der Waals surface area contributed by atoms with Crippen LogP contribution in [0.2, 0.25) is 0 Å². The van der Waals surface area contributed by atoms with Crippen molar-refractivity contribution in [2.24, 2.45) is 0 Å². The third-order valence-corrected chi connectivity index (χ3v) is 3.76. The van der Waals surface area contributed by atoms with Crippen LogP contribution in [0.3, 0.4) is 0 Å². The Morgan fingerprint density at radius 3 is 2.62 bits per heavy atom. The van der Waals surface area contributed by atoms with Crippen molar-refractivity contribution in [1.82, 2.24) is 9.80 Å². The van der Waals surface area contributed by atoms with E-state index in [2.05, 4.69) is 4.74 Å². The highest BCUT2D eigenvalue weighted by Gasteiger charge is 2.36. The number of carbonyl (C=O) groups excluding carboxylic acids is 2. The van der Waals surface area contributed by atoms with E-state index in [9.17, 15) is 22.8 Å². The molecule has 24 heavy (non-hydrogen) atoms. The number of benzene rings is 1. The molecule has 2 amide bonds. The monoisotopic (exact) mass is 344 g/mol. The molecule has 0 N–H and O–H groups in total. The number of halogens is 3. The summed E-state index contributed by atoms with van der Waals surface area (Å²) in [7, 11) is 0. The summed E-state index contributed by atoms with van der Waals surface area (Å²) in [6.45, 7) is 4.10. The van der Waals surface area contributed by atoms with Crippen LogP contribution in [0.25, 0.3) is 0 Å². The molecule has 1 atom stereocenters. The molecule has 0 aliphatic carbocycles. The lowest BCUT2D eigenvalue weighted by Crippen LogP contribution is -2.58. The molecule has 1 heterocycles. The fourth-order valence-corrected chi connectivity index (χ4v) is 2.67. The molecule has 1 aromatic carbocycles. The van der Waals surface area contributed by atoms with E-state index in [4.69, 9.17) is 0 Å². The second kappa shape index (κ2) is 7.11. The molecule has 8 heteroatoms. The zero-order chi connectivity index (χ0) is 17.9. The Morgan fingerprint density at radius 2 is 2.00 bits per heavy atom. The largest absolute Gasteiger partial charge is 0.573 e. The van der Waals surface area contributed by atoms with Crippen molar-refractivity contribution in [3.05, 3.63) is 29.8 Å². The molecule has 1 fully saturated rings. The van der Waals surface area contributed by atoms with Gasteiger partial charge in [-0.3, -0.25) is 9.59 Å². The summed E-state index contributed by atoms with van der Waals surface area (Å²) in [4.78, 5) is 27.4. The van der Waals surface area contributed by atoms with Crippen molar-refractivity contribution in [1.29, 1.82) is 0 Å². The average Bonchev–Trinajstić information content (AvgIpc) is 2.48. The first kappa shape index (κ1) is 18.1. The maximum absolute atomic E-state index is 12.3. The second-order valence-electron chi connectivity index (χ2n) is 5.65. The second-order valence-corrected chi connectivity index (χ2v) is 5.65. The van der Waals surface area contributed by atoms with Gasteiger partial charge in [0.05, 0.1) is 6.54 Å². The number of carbonyl (C=O) groups is 2. The molecule has 0 unspecified atom stereocenters. The third kappa shape index (κ3) is 4.39. The SMILES string of the molecule is CCCN1CC(=O)N(Cc2cccc(OC(F)(F)F)c2)[C@H](C)C1=O. The minimum Gasteiger partial charge on any atom is -0.406 e. The predicted molar refractivity (Wildman–Crippen MR) is 80.0 cm³/mol. The topological polar surface area (TPSA) is 49.9 Å². The Kier molecular flexibility index (Phi) is 5.36. The molecule has 0 saturated carbocycles. The Bertz CT molecular complexity index is 619. The van der Waals surface area contributed by atoms with Gasteiger partial charge in [0, 0.05) is 13.1 Å². The van der Waals surface area contributed by atoms with E-state index in [0.29, 0.717) is 12.1 Å². The van der Waals surface area contributed by atoms with E-state index >= 15 is 0 Å². The molecule has 1 aliphatic heterocycles. The van der Waals surface area contributed by atoms with Gasteiger partial charge in [-0.15, -0.1) is 13.2 Å². The molecule has 0 radical (unpaired) electrons. The quantitative estimate of drug-likeness (QED) is 0.825. The summed E-state index contributed by atoms with van der Waals surface area (Å²) in [5, 5.41) is 0. The molecule has 0 bridgehead atoms. The summed E-state index contributed by atoms with van der Waals surface area (Å²) in [6, 6.07) is 4.76. The lowest BCUT2D eigenvalue weighted by atomic mass is 10.1. The van der Waals surface area contributed by atoms with Gasteiger partial charge in [0.2, 0.25) is 11.8 Å². The summed E-state index contributed by atoms with van der Waals surface area (Å²) < 4.78 is 40.7. The van der Waals surface area contributed by atoms with Crippen molar-refractivity contribution in [3.63, 3.8) is 0 Å². The van der Waals surface area contributed by atoms with Crippen LogP contribution in [-0.2, 0) is 16.1 Å². The summed E-state index contributed by atoms with van der Waals surface area (Å²) in [5.41, 5.74) is 0.466. The number of rotatable bonds is 5. The highest BCUT2D eigenvalue weighted by atomic mass is 19.4. The first-order valence-corrected chi connectivity index (χ1v) is 7.64. The minimum atomic E-state index is -4.77. The maximum Gasteiger partial charge on any atom is 0.573 e. The van der Waals surface area contributed by atoms with Crippen molar-refractivity contribution in [2.45, 2.75) is 39.2 Å². The number of piperazine rings is 1. The van der Waals surface area contributed by atoms with Crippen LogP contribution < -0.4 is 4.74 Å². The lowest BCUT2D eigenvalue weighted by molar-refractivity contribution is -0.274. The van der Waals surface area contributed by atoms with Gasteiger partial charge in [-0.2, -0.15) is 0 Å². The summed E-state index contributed by atoms with van der Waals surface area (Å²) >= 11 is 0. The van der Waals surface area contributed by atoms with Gasteiger partial charge in [-0.25, -0.2) is 0 Å². The fourth-order valence-electron chi connectivity index (χ4n) is 2.67. The number of amides is 2. The van der Waals surface area contributed by atoms with Gasteiger partial charge >= 0.3 is 6.36 Å². The van der Waals surface area contributed by atoms with Gasteiger partial charge in [0.25, 0.3) is 0 Å². The molecule has 2 rings (SSSR count). The van der Waals surface area contributed by atoms with Gasteiger partial charge in [0.1, 0.15) is 11.8 Å². The zero-order valence-electron chi connectivity index (χ0n) is 13.5. The normalized spacial score (nSPS) is 19.0. The molecule has 1 aliphatic rings. The van der Waals surface area contributed by atoms with Crippen LogP contribution in [0.1, 0.15) is 25.8 Å². The number of nitrogens with zero attached hydrogens (tertiary/aromatic N) is 2. The Labute approximate surface area is 138 Å². The van der Waals surface area contributed by atoms with Gasteiger partial charge < -0.3 is 14.5 Å². The Hall–Kier alpha value is -2.25. The predicted octanol–water partition coefficient (Wildman–Crippen LogP) is 2.55. The number of alkyl halides is 3. The maximum atomic E-state index is 12.3. The van der Waals surface area contributed by atoms with E-state index in [1.807, 2.05) is 6.92 Å². The fraction of sp³-hybridized carbons (Fsp3) is 0.500. The van der Waals surface area contributed by atoms with Crippen LogP contribution in [0.15, 0.2) is 24.3 Å². The lowest BCUT2D eigenvalue weighted by Gasteiger charge is -2.38. The third-order valence-electron chi connectivity index (χ3n) is 3.76. The van der Waals surface area contributed by atoms with Crippen molar-refractivity contribution < 1.29 is 27.5 Å². The number of hydrogen-bond donors (Lipinski definition) is 0. The molecule has 1 aromatic rings. The number of hydrogen-bond acceptors (Lipinski definition) is 3. The first-order chi connectivity index (χ1) is 11.2. The standard InChI is InChI=1S/C16H19F3N2O3/c1-3-7-20-10-14(22)21(11(2)15(20)23)9-12-5-4-6-13(8-12)24-16(17,18)19/h4-6,8,11H,3,7,9-10H2,1-2H3/t11-/m1/s1. The van der Waals surface area contributed by atoms with Crippen molar-refractivity contribution in [2.75, 3.05) is 13.1 Å². The van der Waals surface area contributed by atoms with Gasteiger partial charge in [-0.1, -0.05) is 19.1 Å². The van der Waals surface area contributed by atoms with E-state index in [1.165, 1.54) is 28.0 Å². The summed E-state index contributed by atoms with van der Waals surface area (Å²) in [5.74, 6) is -0.729. The molecule has 0 aromatic heterocycles. The molecular formula is C16H19F3N2O3. The van der Waals surface area contributed by atoms with Crippen LogP contribution in [0, 0.1) is 0 Å². The average molecular weight is 344 g/mol. The van der Waals surface area contributed by atoms with E-state index in [0.717, 1.165) is 6.42 Å². The smallest absolute Gasteiger partial charge is 0.406 e. The summed E-state index contributed by atoms with van der Waals surface area (Å²) in [6.07, 6.45) is -4.02. The van der Waals surface area contributed by atoms with Crippen LogP contribution in [0.4, 0.5) is 13.2 Å². The first-order valence-electron chi connectivity index (χ1n) is 7.64. The Morgan fingerprint density at radius 1 is 1.29 bits per heavy atom. The highest BCUT2D eigenvalue weighted by molar-refractivity contribution is 5.94. The van der Waals surface area contributed by atoms with Crippen LogP contribution in [-0.4, -0.2) is 47.1 Å². The highest BCUT2D eigenvalue weighted by Crippen LogP contribution is 2.24.